The number of rotatable bonds is 1. The van der Waals surface area contributed by atoms with Gasteiger partial charge in [0.15, 0.2) is 0 Å². The topological polar surface area (TPSA) is 22.1 Å². The van der Waals surface area contributed by atoms with Gasteiger partial charge >= 0.3 is 6.36 Å². The van der Waals surface area contributed by atoms with Gasteiger partial charge in [0.2, 0.25) is 0 Å². The molecule has 0 unspecified atom stereocenters. The summed E-state index contributed by atoms with van der Waals surface area (Å²) in [4.78, 5) is 3.92. The summed E-state index contributed by atoms with van der Waals surface area (Å²) in [5.74, 6) is -0.351. The second-order valence-corrected chi connectivity index (χ2v) is 3.95. The van der Waals surface area contributed by atoms with E-state index < -0.39 is 6.36 Å². The van der Waals surface area contributed by atoms with Crippen LogP contribution < -0.4 is 4.74 Å². The Balaban J connectivity index is 2.51. The first-order valence-electron chi connectivity index (χ1n) is 4.37. The van der Waals surface area contributed by atoms with Gasteiger partial charge in [-0.05, 0) is 24.3 Å². The van der Waals surface area contributed by atoms with Crippen LogP contribution in [-0.4, -0.2) is 11.3 Å². The molecule has 2 nitrogen and oxygen atoms in total. The van der Waals surface area contributed by atoms with E-state index in [-0.39, 0.29) is 15.9 Å². The highest BCUT2D eigenvalue weighted by Crippen LogP contribution is 2.30. The minimum atomic E-state index is -4.74. The zero-order chi connectivity index (χ0) is 12.6. The molecule has 1 aromatic carbocycles. The van der Waals surface area contributed by atoms with Crippen molar-refractivity contribution < 1.29 is 17.9 Å². The van der Waals surface area contributed by atoms with Gasteiger partial charge in [-0.15, -0.1) is 13.2 Å². The number of alkyl halides is 3. The molecule has 0 amide bonds. The predicted molar refractivity (Wildman–Crippen MR) is 58.4 cm³/mol. The monoisotopic (exact) mass is 281 g/mol. The predicted octanol–water partition coefficient (Wildman–Crippen LogP) is 4.44. The number of nitrogens with zero attached hydrogens (tertiary/aromatic N) is 1. The normalized spacial score (nSPS) is 11.8. The fraction of sp³-hybridized carbons (Fsp3) is 0.100. The van der Waals surface area contributed by atoms with Crippen molar-refractivity contribution in [3.8, 4) is 5.75 Å². The number of hydrogen-bond donors (Lipinski definition) is 0. The average molecular weight is 282 g/mol. The third-order valence-electron chi connectivity index (χ3n) is 1.93. The number of hydrogen-bond acceptors (Lipinski definition) is 2. The lowest BCUT2D eigenvalue weighted by Gasteiger charge is -2.09. The van der Waals surface area contributed by atoms with Gasteiger partial charge in [-0.1, -0.05) is 23.2 Å². The maximum absolute atomic E-state index is 12.0. The first kappa shape index (κ1) is 12.3. The molecule has 17 heavy (non-hydrogen) atoms. The Kier molecular flexibility index (Phi) is 3.05. The Morgan fingerprint density at radius 3 is 2.47 bits per heavy atom. The maximum atomic E-state index is 12.0. The van der Waals surface area contributed by atoms with Crippen LogP contribution in [0, 0.1) is 0 Å². The summed E-state index contributed by atoms with van der Waals surface area (Å²) in [5.41, 5.74) is 0.400. The van der Waals surface area contributed by atoms with Crippen LogP contribution in [0.4, 0.5) is 13.2 Å². The summed E-state index contributed by atoms with van der Waals surface area (Å²) >= 11 is 11.5. The lowest BCUT2D eigenvalue weighted by Crippen LogP contribution is -2.17. The van der Waals surface area contributed by atoms with Crippen LogP contribution in [0.1, 0.15) is 0 Å². The molecule has 0 bridgehead atoms. The first-order chi connectivity index (χ1) is 7.85. The number of aromatic nitrogens is 1. The number of fused-ring (bicyclic) bond motifs is 1. The summed E-state index contributed by atoms with van der Waals surface area (Å²) in [6.07, 6.45) is -4.74. The molecule has 7 heteroatoms. The zero-order valence-electron chi connectivity index (χ0n) is 8.05. The quantitative estimate of drug-likeness (QED) is 0.721. The SMILES string of the molecule is FC(F)(F)Oc1ccc2nc(Cl)cc(Cl)c2c1. The minimum absolute atomic E-state index is 0.173. The van der Waals surface area contributed by atoms with E-state index in [1.807, 2.05) is 0 Å². The molecule has 0 aliphatic heterocycles. The van der Waals surface area contributed by atoms with Crippen molar-refractivity contribution in [2.45, 2.75) is 6.36 Å². The lowest BCUT2D eigenvalue weighted by molar-refractivity contribution is -0.274. The lowest BCUT2D eigenvalue weighted by atomic mass is 10.2. The van der Waals surface area contributed by atoms with Crippen LogP contribution in [0.25, 0.3) is 10.9 Å². The summed E-state index contributed by atoms with van der Waals surface area (Å²) < 4.78 is 39.8. The van der Waals surface area contributed by atoms with E-state index in [4.69, 9.17) is 23.2 Å². The summed E-state index contributed by atoms with van der Waals surface area (Å²) in [7, 11) is 0. The van der Waals surface area contributed by atoms with Gasteiger partial charge in [-0.2, -0.15) is 0 Å². The van der Waals surface area contributed by atoms with Crippen LogP contribution >= 0.6 is 23.2 Å². The fourth-order valence-electron chi connectivity index (χ4n) is 1.33. The van der Waals surface area contributed by atoms with Gasteiger partial charge in [-0.25, -0.2) is 4.98 Å². The Labute approximate surface area is 104 Å². The van der Waals surface area contributed by atoms with E-state index in [1.165, 1.54) is 12.1 Å². The second-order valence-electron chi connectivity index (χ2n) is 3.15. The van der Waals surface area contributed by atoms with Gasteiger partial charge in [0.25, 0.3) is 0 Å². The third-order valence-corrected chi connectivity index (χ3v) is 2.44. The van der Waals surface area contributed by atoms with E-state index in [1.54, 1.807) is 0 Å². The first-order valence-corrected chi connectivity index (χ1v) is 5.12. The smallest absolute Gasteiger partial charge is 0.406 e. The minimum Gasteiger partial charge on any atom is -0.406 e. The molecule has 2 aromatic rings. The van der Waals surface area contributed by atoms with Crippen molar-refractivity contribution >= 4 is 34.1 Å². The summed E-state index contributed by atoms with van der Waals surface area (Å²) in [6, 6.07) is 5.01. The largest absolute Gasteiger partial charge is 0.573 e. The maximum Gasteiger partial charge on any atom is 0.573 e. The molecule has 0 aliphatic carbocycles. The molecule has 0 saturated carbocycles. The molecule has 0 spiro atoms. The summed E-state index contributed by atoms with van der Waals surface area (Å²) in [6.45, 7) is 0. The van der Waals surface area contributed by atoms with E-state index >= 15 is 0 Å². The number of pyridine rings is 1. The Morgan fingerprint density at radius 1 is 1.12 bits per heavy atom. The molecule has 1 heterocycles. The van der Waals surface area contributed by atoms with Gasteiger partial charge < -0.3 is 4.74 Å². The highest BCUT2D eigenvalue weighted by Gasteiger charge is 2.31. The van der Waals surface area contributed by atoms with Crippen molar-refractivity contribution in [2.24, 2.45) is 0 Å². The fourth-order valence-corrected chi connectivity index (χ4v) is 1.84. The number of halogens is 5. The molecule has 0 aliphatic rings. The molecule has 1 aromatic heterocycles. The van der Waals surface area contributed by atoms with Crippen LogP contribution in [0.15, 0.2) is 24.3 Å². The van der Waals surface area contributed by atoms with Crippen molar-refractivity contribution in [1.82, 2.24) is 4.98 Å². The Hall–Kier alpha value is -1.20. The van der Waals surface area contributed by atoms with E-state index in [9.17, 15) is 13.2 Å². The summed E-state index contributed by atoms with van der Waals surface area (Å²) in [5, 5.41) is 0.734. The highest BCUT2D eigenvalue weighted by molar-refractivity contribution is 6.37. The molecular weight excluding hydrogens is 278 g/mol. The highest BCUT2D eigenvalue weighted by atomic mass is 35.5. The van der Waals surface area contributed by atoms with Crippen LogP contribution in [0.2, 0.25) is 10.2 Å². The number of ether oxygens (including phenoxy) is 1. The van der Waals surface area contributed by atoms with Crippen molar-refractivity contribution in [2.75, 3.05) is 0 Å². The Bertz CT molecular complexity index is 571. The Morgan fingerprint density at radius 2 is 1.82 bits per heavy atom. The van der Waals surface area contributed by atoms with Crippen molar-refractivity contribution in [3.05, 3.63) is 34.4 Å². The van der Waals surface area contributed by atoms with E-state index in [0.29, 0.717) is 10.9 Å². The van der Waals surface area contributed by atoms with Crippen LogP contribution in [0.3, 0.4) is 0 Å². The molecule has 0 radical (unpaired) electrons. The van der Waals surface area contributed by atoms with Gasteiger partial charge in [0, 0.05) is 5.39 Å². The zero-order valence-corrected chi connectivity index (χ0v) is 9.57. The van der Waals surface area contributed by atoms with Gasteiger partial charge in [-0.3, -0.25) is 0 Å². The van der Waals surface area contributed by atoms with Gasteiger partial charge in [0.1, 0.15) is 10.9 Å². The molecule has 0 atom stereocenters. The third kappa shape index (κ3) is 2.92. The number of benzene rings is 1. The van der Waals surface area contributed by atoms with E-state index in [2.05, 4.69) is 9.72 Å². The van der Waals surface area contributed by atoms with E-state index in [0.717, 1.165) is 12.1 Å². The molecule has 90 valence electrons. The average Bonchev–Trinajstić information content (AvgIpc) is 2.16. The van der Waals surface area contributed by atoms with Crippen molar-refractivity contribution in [1.29, 1.82) is 0 Å². The second kappa shape index (κ2) is 4.23. The molecule has 2 rings (SSSR count). The van der Waals surface area contributed by atoms with Crippen LogP contribution in [0.5, 0.6) is 5.75 Å². The standard InChI is InChI=1S/C10H4Cl2F3NO/c11-7-4-9(12)16-8-2-1-5(3-6(7)8)17-10(13,14)15/h1-4H. The molecular formula is C10H4Cl2F3NO. The molecule has 0 fully saturated rings. The molecule has 0 N–H and O–H groups in total. The van der Waals surface area contributed by atoms with Gasteiger partial charge in [0.05, 0.1) is 10.5 Å². The van der Waals surface area contributed by atoms with Crippen LogP contribution in [-0.2, 0) is 0 Å². The molecule has 0 saturated heterocycles. The van der Waals surface area contributed by atoms with Crippen molar-refractivity contribution in [3.63, 3.8) is 0 Å².